The van der Waals surface area contributed by atoms with E-state index in [1.807, 2.05) is 0 Å². The maximum absolute atomic E-state index is 2.51. The SMILES string of the molecule is CC1(C)CB(C2=C(c3ccccc3)C(B3CC(C)(C)C(C)(C)C3)=C(c3ccccc3)CC2)CC1(C)C. The molecule has 2 aromatic carbocycles. The molecule has 0 nitrogen and oxygen atoms in total. The van der Waals surface area contributed by atoms with Crippen LogP contribution in [-0.4, -0.2) is 13.4 Å². The lowest BCUT2D eigenvalue weighted by Crippen LogP contribution is -2.25. The predicted octanol–water partition coefficient (Wildman–Crippen LogP) is 9.89. The number of rotatable bonds is 4. The third-order valence-corrected chi connectivity index (χ3v) is 11.3. The van der Waals surface area contributed by atoms with Gasteiger partial charge in [-0.05, 0) is 56.8 Å². The normalized spacial score (nSPS) is 24.6. The minimum Gasteiger partial charge on any atom is -0.0936 e. The van der Waals surface area contributed by atoms with Gasteiger partial charge in [0.15, 0.2) is 13.4 Å². The van der Waals surface area contributed by atoms with Crippen molar-refractivity contribution in [3.8, 4) is 0 Å². The molecule has 0 unspecified atom stereocenters. The summed E-state index contributed by atoms with van der Waals surface area (Å²) in [5.41, 5.74) is 11.0. The number of hydrogen-bond donors (Lipinski definition) is 0. The fourth-order valence-corrected chi connectivity index (χ4v) is 7.75. The Morgan fingerprint density at radius 3 is 1.39 bits per heavy atom. The van der Waals surface area contributed by atoms with Gasteiger partial charge in [0.1, 0.15) is 0 Å². The van der Waals surface area contributed by atoms with Gasteiger partial charge >= 0.3 is 0 Å². The highest BCUT2D eigenvalue weighted by atomic mass is 14.5. The second-order valence-electron chi connectivity index (χ2n) is 14.8. The summed E-state index contributed by atoms with van der Waals surface area (Å²) in [5, 5.41) is 0. The fraction of sp³-hybridized carbons (Fsp3) is 0.529. The van der Waals surface area contributed by atoms with Crippen molar-refractivity contribution in [1.29, 1.82) is 0 Å². The van der Waals surface area contributed by atoms with Crippen molar-refractivity contribution in [2.75, 3.05) is 0 Å². The molecule has 2 aromatic rings. The van der Waals surface area contributed by atoms with E-state index in [2.05, 4.69) is 116 Å². The molecule has 2 saturated heterocycles. The fourth-order valence-electron chi connectivity index (χ4n) is 7.75. The summed E-state index contributed by atoms with van der Waals surface area (Å²) in [5.74, 6) is 0. The van der Waals surface area contributed by atoms with E-state index in [0.717, 1.165) is 0 Å². The van der Waals surface area contributed by atoms with Gasteiger partial charge in [-0.25, -0.2) is 0 Å². The molecule has 0 atom stereocenters. The van der Waals surface area contributed by atoms with Crippen LogP contribution in [0.5, 0.6) is 0 Å². The van der Waals surface area contributed by atoms with Crippen LogP contribution in [0.2, 0.25) is 25.3 Å². The second kappa shape index (κ2) is 8.82. The van der Waals surface area contributed by atoms with Gasteiger partial charge in [-0.2, -0.15) is 0 Å². The summed E-state index contributed by atoms with van der Waals surface area (Å²) in [6.07, 6.45) is 7.55. The quantitative estimate of drug-likeness (QED) is 0.385. The van der Waals surface area contributed by atoms with E-state index in [4.69, 9.17) is 0 Å². The first-order valence-electron chi connectivity index (χ1n) is 14.4. The molecule has 36 heavy (non-hydrogen) atoms. The lowest BCUT2D eigenvalue weighted by Gasteiger charge is -2.35. The van der Waals surface area contributed by atoms with Crippen LogP contribution in [0.4, 0.5) is 0 Å². The summed E-state index contributed by atoms with van der Waals surface area (Å²) in [7, 11) is 0. The Bertz CT molecular complexity index is 1150. The third-order valence-electron chi connectivity index (χ3n) is 11.3. The number of allylic oxidation sites excluding steroid dienone is 4. The Labute approximate surface area is 222 Å². The Kier molecular flexibility index (Phi) is 6.29. The van der Waals surface area contributed by atoms with Crippen molar-refractivity contribution in [2.45, 2.75) is 93.5 Å². The van der Waals surface area contributed by atoms with E-state index < -0.39 is 0 Å². The van der Waals surface area contributed by atoms with E-state index in [0.29, 0.717) is 35.1 Å². The summed E-state index contributed by atoms with van der Waals surface area (Å²) in [4.78, 5) is 0. The van der Waals surface area contributed by atoms with Crippen LogP contribution in [0.25, 0.3) is 11.1 Å². The summed E-state index contributed by atoms with van der Waals surface area (Å²) in [6, 6.07) is 22.8. The third kappa shape index (κ3) is 4.27. The zero-order valence-electron chi connectivity index (χ0n) is 24.2. The monoisotopic (exact) mass is 476 g/mol. The van der Waals surface area contributed by atoms with E-state index in [9.17, 15) is 0 Å². The maximum Gasteiger partial charge on any atom is 0.178 e. The van der Waals surface area contributed by atoms with Crippen LogP contribution in [0.15, 0.2) is 71.6 Å². The Balaban J connectivity index is 1.75. The minimum absolute atomic E-state index is 0.337. The Morgan fingerprint density at radius 1 is 0.500 bits per heavy atom. The molecule has 5 rings (SSSR count). The van der Waals surface area contributed by atoms with Crippen molar-refractivity contribution >= 4 is 24.6 Å². The van der Waals surface area contributed by atoms with Crippen LogP contribution in [0.1, 0.15) is 79.4 Å². The lowest BCUT2D eigenvalue weighted by molar-refractivity contribution is 0.177. The Hall–Kier alpha value is -1.95. The molecule has 2 fully saturated rings. The second-order valence-corrected chi connectivity index (χ2v) is 14.8. The molecule has 2 heterocycles. The first kappa shape index (κ1) is 25.7. The van der Waals surface area contributed by atoms with Crippen LogP contribution >= 0.6 is 0 Å². The average molecular weight is 476 g/mol. The van der Waals surface area contributed by atoms with Gasteiger partial charge in [-0.1, -0.05) is 152 Å². The van der Waals surface area contributed by atoms with E-state index in [-0.39, 0.29) is 0 Å². The van der Waals surface area contributed by atoms with Crippen molar-refractivity contribution in [2.24, 2.45) is 21.7 Å². The van der Waals surface area contributed by atoms with Gasteiger partial charge in [0.05, 0.1) is 0 Å². The summed E-state index contributed by atoms with van der Waals surface area (Å²) < 4.78 is 0. The highest BCUT2D eigenvalue weighted by molar-refractivity contribution is 6.75. The molecule has 0 N–H and O–H groups in total. The highest BCUT2D eigenvalue weighted by Gasteiger charge is 2.52. The molecule has 0 spiro atoms. The van der Waals surface area contributed by atoms with Crippen LogP contribution < -0.4 is 0 Å². The first-order valence-corrected chi connectivity index (χ1v) is 14.4. The molecular weight excluding hydrogens is 430 g/mol. The molecule has 0 bridgehead atoms. The zero-order chi connectivity index (χ0) is 25.9. The van der Waals surface area contributed by atoms with Gasteiger partial charge < -0.3 is 0 Å². The summed E-state index contributed by atoms with van der Waals surface area (Å²) >= 11 is 0. The van der Waals surface area contributed by atoms with Crippen LogP contribution in [0.3, 0.4) is 0 Å². The smallest absolute Gasteiger partial charge is 0.0936 e. The Morgan fingerprint density at radius 2 is 0.917 bits per heavy atom. The molecular formula is C34H46B2. The molecule has 0 saturated carbocycles. The van der Waals surface area contributed by atoms with Gasteiger partial charge in [-0.3, -0.25) is 0 Å². The van der Waals surface area contributed by atoms with Crippen molar-refractivity contribution in [1.82, 2.24) is 0 Å². The van der Waals surface area contributed by atoms with Crippen molar-refractivity contribution in [3.05, 3.63) is 82.7 Å². The highest BCUT2D eigenvalue weighted by Crippen LogP contribution is 2.60. The van der Waals surface area contributed by atoms with Gasteiger partial charge in [-0.15, -0.1) is 0 Å². The molecule has 2 heteroatoms. The molecule has 3 aliphatic rings. The summed E-state index contributed by atoms with van der Waals surface area (Å²) in [6.45, 7) is 21.3. The molecule has 0 radical (unpaired) electrons. The first-order chi connectivity index (χ1) is 16.8. The van der Waals surface area contributed by atoms with Crippen LogP contribution in [-0.2, 0) is 0 Å². The van der Waals surface area contributed by atoms with Gasteiger partial charge in [0.2, 0.25) is 0 Å². The van der Waals surface area contributed by atoms with E-state index >= 15 is 0 Å². The van der Waals surface area contributed by atoms with Gasteiger partial charge in [0.25, 0.3) is 0 Å². The molecule has 2 aliphatic heterocycles. The predicted molar refractivity (Wildman–Crippen MR) is 162 cm³/mol. The minimum atomic E-state index is 0.337. The van der Waals surface area contributed by atoms with Crippen molar-refractivity contribution < 1.29 is 0 Å². The maximum atomic E-state index is 2.51. The van der Waals surface area contributed by atoms with E-state index in [1.165, 1.54) is 49.2 Å². The molecule has 0 aromatic heterocycles. The van der Waals surface area contributed by atoms with Gasteiger partial charge in [0, 0.05) is 0 Å². The molecule has 188 valence electrons. The number of hydrogen-bond acceptors (Lipinski definition) is 0. The lowest BCUT2D eigenvalue weighted by atomic mass is 9.33. The van der Waals surface area contributed by atoms with Crippen LogP contribution in [0, 0.1) is 21.7 Å². The molecule has 1 aliphatic carbocycles. The largest absolute Gasteiger partial charge is 0.178 e. The van der Waals surface area contributed by atoms with E-state index in [1.54, 1.807) is 22.1 Å². The average Bonchev–Trinajstić information content (AvgIpc) is 3.18. The number of benzene rings is 2. The molecule has 0 amide bonds. The van der Waals surface area contributed by atoms with Crippen molar-refractivity contribution in [3.63, 3.8) is 0 Å². The topological polar surface area (TPSA) is 0 Å². The standard InChI is InChI=1S/C34H46B2/c1-31(2)21-35(22-32(31,3)4)28-20-19-27(25-15-11-9-12-16-25)30(29(28)26-17-13-10-14-18-26)36-23-33(5,6)34(7,8)24-36/h9-18H,19-24H2,1-8H3. The zero-order valence-corrected chi connectivity index (χ0v) is 24.2.